The topological polar surface area (TPSA) is 69.9 Å². The van der Waals surface area contributed by atoms with E-state index < -0.39 is 18.8 Å². The predicted octanol–water partition coefficient (Wildman–Crippen LogP) is 2.53. The van der Waals surface area contributed by atoms with E-state index in [1.807, 2.05) is 0 Å². The van der Waals surface area contributed by atoms with Crippen LogP contribution >= 0.6 is 0 Å². The van der Waals surface area contributed by atoms with Crippen LogP contribution in [0, 0.1) is 5.82 Å². The Bertz CT molecular complexity index is 945. The van der Waals surface area contributed by atoms with Crippen molar-refractivity contribution >= 4 is 0 Å². The van der Waals surface area contributed by atoms with Gasteiger partial charge in [-0.05, 0) is 23.8 Å². The quantitative estimate of drug-likeness (QED) is 0.674. The second kappa shape index (κ2) is 7.77. The van der Waals surface area contributed by atoms with Gasteiger partial charge in [0.05, 0.1) is 12.2 Å². The number of hydrogen-bond acceptors (Lipinski definition) is 5. The first kappa shape index (κ1) is 17.6. The van der Waals surface area contributed by atoms with E-state index in [-0.39, 0.29) is 18.1 Å². The molecular formula is C17H13F3N4O2. The second-order valence-electron chi connectivity index (χ2n) is 5.30. The molecule has 0 aliphatic carbocycles. The molecule has 0 saturated carbocycles. The Balaban J connectivity index is 1.81. The van der Waals surface area contributed by atoms with Crippen LogP contribution < -0.4 is 10.3 Å². The lowest BCUT2D eigenvalue weighted by atomic mass is 10.2. The van der Waals surface area contributed by atoms with Crippen molar-refractivity contribution in [1.82, 2.24) is 19.7 Å². The molecule has 0 N–H and O–H groups in total. The van der Waals surface area contributed by atoms with Gasteiger partial charge in [-0.2, -0.15) is 5.10 Å². The second-order valence-corrected chi connectivity index (χ2v) is 5.30. The number of hydrogen-bond donors (Lipinski definition) is 0. The van der Waals surface area contributed by atoms with Crippen LogP contribution in [-0.4, -0.2) is 32.8 Å². The largest absolute Gasteiger partial charge is 0.457 e. The van der Waals surface area contributed by atoms with Gasteiger partial charge in [-0.3, -0.25) is 4.79 Å². The first-order valence-electron chi connectivity index (χ1n) is 7.57. The minimum Gasteiger partial charge on any atom is -0.457 e. The summed E-state index contributed by atoms with van der Waals surface area (Å²) in [5.74, 6) is -0.403. The summed E-state index contributed by atoms with van der Waals surface area (Å²) in [5.41, 5.74) is 1.11. The van der Waals surface area contributed by atoms with Gasteiger partial charge in [0.15, 0.2) is 6.61 Å². The zero-order valence-electron chi connectivity index (χ0n) is 13.3. The minimum atomic E-state index is -2.62. The first-order valence-corrected chi connectivity index (χ1v) is 7.57. The Morgan fingerprint density at radius 1 is 1.12 bits per heavy atom. The lowest BCUT2D eigenvalue weighted by Gasteiger charge is -2.08. The van der Waals surface area contributed by atoms with E-state index in [9.17, 15) is 18.0 Å². The van der Waals surface area contributed by atoms with Crippen LogP contribution in [0.2, 0.25) is 0 Å². The molecule has 0 bridgehead atoms. The van der Waals surface area contributed by atoms with E-state index in [1.165, 1.54) is 41.3 Å². The third kappa shape index (κ3) is 4.44. The summed E-state index contributed by atoms with van der Waals surface area (Å²) >= 11 is 0. The van der Waals surface area contributed by atoms with Gasteiger partial charge < -0.3 is 4.74 Å². The molecule has 2 aromatic heterocycles. The number of rotatable bonds is 6. The maximum absolute atomic E-state index is 13.3. The standard InChI is InChI=1S/C17H13F3N4O2/c18-13-3-1-2-11(6-13)9-24-16(25)5-4-14(23-24)12-7-21-17(22-8-12)26-10-15(19)20/h1-8,15H,9-10H2. The molecule has 0 unspecified atom stereocenters. The Labute approximate surface area is 145 Å². The Hall–Kier alpha value is -3.23. The zero-order valence-corrected chi connectivity index (χ0v) is 13.3. The van der Waals surface area contributed by atoms with Gasteiger partial charge >= 0.3 is 6.01 Å². The molecular weight excluding hydrogens is 349 g/mol. The summed E-state index contributed by atoms with van der Waals surface area (Å²) in [6, 6.07) is 8.49. The van der Waals surface area contributed by atoms with Crippen molar-refractivity contribution in [2.24, 2.45) is 0 Å². The molecule has 0 radical (unpaired) electrons. The highest BCUT2D eigenvalue weighted by Gasteiger charge is 2.08. The monoisotopic (exact) mass is 362 g/mol. The molecule has 0 spiro atoms. The predicted molar refractivity (Wildman–Crippen MR) is 86.5 cm³/mol. The maximum atomic E-state index is 13.3. The Kier molecular flexibility index (Phi) is 5.26. The molecule has 0 fully saturated rings. The van der Waals surface area contributed by atoms with Crippen molar-refractivity contribution in [1.29, 1.82) is 0 Å². The molecule has 0 aliphatic heterocycles. The molecule has 0 amide bonds. The molecule has 1 aromatic carbocycles. The zero-order chi connectivity index (χ0) is 18.5. The smallest absolute Gasteiger partial charge is 0.316 e. The summed E-state index contributed by atoms with van der Waals surface area (Å²) in [6.07, 6.45) is 0.0895. The number of benzene rings is 1. The van der Waals surface area contributed by atoms with E-state index in [1.54, 1.807) is 12.1 Å². The van der Waals surface area contributed by atoms with Crippen molar-refractivity contribution in [2.75, 3.05) is 6.61 Å². The van der Waals surface area contributed by atoms with Crippen molar-refractivity contribution < 1.29 is 17.9 Å². The fourth-order valence-corrected chi connectivity index (χ4v) is 2.18. The number of halogens is 3. The van der Waals surface area contributed by atoms with Crippen LogP contribution in [0.1, 0.15) is 5.56 Å². The molecule has 26 heavy (non-hydrogen) atoms. The fraction of sp³-hybridized carbons (Fsp3) is 0.176. The lowest BCUT2D eigenvalue weighted by molar-refractivity contribution is 0.0770. The van der Waals surface area contributed by atoms with Gasteiger partial charge in [0.2, 0.25) is 0 Å². The highest BCUT2D eigenvalue weighted by molar-refractivity contribution is 5.55. The van der Waals surface area contributed by atoms with Crippen molar-refractivity contribution in [3.8, 4) is 17.3 Å². The number of nitrogens with zero attached hydrogens (tertiary/aromatic N) is 4. The minimum absolute atomic E-state index is 0.0981. The van der Waals surface area contributed by atoms with E-state index >= 15 is 0 Å². The van der Waals surface area contributed by atoms with Gasteiger partial charge in [0.1, 0.15) is 5.82 Å². The normalized spacial score (nSPS) is 10.9. The fourth-order valence-electron chi connectivity index (χ4n) is 2.18. The molecule has 9 heteroatoms. The van der Waals surface area contributed by atoms with Crippen LogP contribution in [0.5, 0.6) is 6.01 Å². The van der Waals surface area contributed by atoms with Crippen LogP contribution in [0.25, 0.3) is 11.3 Å². The molecule has 2 heterocycles. The Morgan fingerprint density at radius 2 is 1.88 bits per heavy atom. The van der Waals surface area contributed by atoms with E-state index in [0.717, 1.165) is 0 Å². The molecule has 0 aliphatic rings. The summed E-state index contributed by atoms with van der Waals surface area (Å²) in [6.45, 7) is -0.697. The lowest BCUT2D eigenvalue weighted by Crippen LogP contribution is -2.22. The van der Waals surface area contributed by atoms with Crippen molar-refractivity contribution in [2.45, 2.75) is 13.0 Å². The van der Waals surface area contributed by atoms with Crippen LogP contribution in [0.15, 0.2) is 53.6 Å². The first-order chi connectivity index (χ1) is 12.5. The summed E-state index contributed by atoms with van der Waals surface area (Å²) in [5, 5.41) is 4.21. The summed E-state index contributed by atoms with van der Waals surface area (Å²) in [4.78, 5) is 19.6. The van der Waals surface area contributed by atoms with Gasteiger partial charge in [0.25, 0.3) is 12.0 Å². The molecule has 134 valence electrons. The van der Waals surface area contributed by atoms with Crippen molar-refractivity contribution in [3.63, 3.8) is 0 Å². The van der Waals surface area contributed by atoms with Crippen LogP contribution in [0.4, 0.5) is 13.2 Å². The highest BCUT2D eigenvalue weighted by atomic mass is 19.3. The number of ether oxygens (including phenoxy) is 1. The van der Waals surface area contributed by atoms with Gasteiger partial charge in [-0.1, -0.05) is 12.1 Å². The van der Waals surface area contributed by atoms with Crippen LogP contribution in [0.3, 0.4) is 0 Å². The molecule has 0 saturated heterocycles. The Morgan fingerprint density at radius 3 is 2.58 bits per heavy atom. The third-order valence-corrected chi connectivity index (χ3v) is 3.35. The third-order valence-electron chi connectivity index (χ3n) is 3.35. The highest BCUT2D eigenvalue weighted by Crippen LogP contribution is 2.15. The number of alkyl halides is 2. The molecule has 3 rings (SSSR count). The van der Waals surface area contributed by atoms with Gasteiger partial charge in [0, 0.05) is 24.0 Å². The van der Waals surface area contributed by atoms with E-state index in [0.29, 0.717) is 16.8 Å². The van der Waals surface area contributed by atoms with Crippen molar-refractivity contribution in [3.05, 3.63) is 70.5 Å². The molecule has 3 aromatic rings. The summed E-state index contributed by atoms with van der Waals surface area (Å²) in [7, 11) is 0. The van der Waals surface area contributed by atoms with E-state index in [2.05, 4.69) is 15.1 Å². The van der Waals surface area contributed by atoms with E-state index in [4.69, 9.17) is 4.74 Å². The maximum Gasteiger partial charge on any atom is 0.316 e. The molecule has 0 atom stereocenters. The van der Waals surface area contributed by atoms with Gasteiger partial charge in [-0.25, -0.2) is 27.8 Å². The number of aromatic nitrogens is 4. The SMILES string of the molecule is O=c1ccc(-c2cnc(OCC(F)F)nc2)nn1Cc1cccc(F)c1. The average molecular weight is 362 g/mol. The molecule has 6 nitrogen and oxygen atoms in total. The average Bonchev–Trinajstić information content (AvgIpc) is 2.62. The van der Waals surface area contributed by atoms with Crippen LogP contribution in [-0.2, 0) is 6.54 Å². The summed E-state index contributed by atoms with van der Waals surface area (Å²) < 4.78 is 43.4. The van der Waals surface area contributed by atoms with Gasteiger partial charge in [-0.15, -0.1) is 0 Å².